The zero-order chi connectivity index (χ0) is 19.3. The van der Waals surface area contributed by atoms with Crippen LogP contribution in [0.4, 0.5) is 0 Å². The fourth-order valence-corrected chi connectivity index (χ4v) is 4.23. The highest BCUT2D eigenvalue weighted by atomic mass is 32.1. The SMILES string of the molecule is CC(NC(=O)C1CCCN(Cc2nc(-c3cccs3)no2)C1)c1ccccc1. The maximum Gasteiger partial charge on any atom is 0.241 e. The first kappa shape index (κ1) is 18.8. The third-order valence-corrected chi connectivity index (χ3v) is 5.97. The van der Waals surface area contributed by atoms with Gasteiger partial charge in [-0.3, -0.25) is 9.69 Å². The molecule has 1 saturated heterocycles. The topological polar surface area (TPSA) is 71.3 Å². The molecule has 3 heterocycles. The number of aromatic nitrogens is 2. The normalized spacial score (nSPS) is 18.7. The van der Waals surface area contributed by atoms with Crippen LogP contribution in [0.1, 0.15) is 37.3 Å². The van der Waals surface area contributed by atoms with E-state index in [9.17, 15) is 4.79 Å². The summed E-state index contributed by atoms with van der Waals surface area (Å²) in [6, 6.07) is 14.0. The molecule has 1 amide bonds. The van der Waals surface area contributed by atoms with Gasteiger partial charge in [-0.05, 0) is 43.3 Å². The zero-order valence-corrected chi connectivity index (χ0v) is 16.7. The van der Waals surface area contributed by atoms with Gasteiger partial charge in [0.1, 0.15) is 0 Å². The average molecular weight is 397 g/mol. The Labute approximate surface area is 168 Å². The Bertz CT molecular complexity index is 894. The smallest absolute Gasteiger partial charge is 0.241 e. The van der Waals surface area contributed by atoms with Gasteiger partial charge in [-0.25, -0.2) is 0 Å². The van der Waals surface area contributed by atoms with Gasteiger partial charge in [-0.2, -0.15) is 4.98 Å². The molecule has 2 unspecified atom stereocenters. The largest absolute Gasteiger partial charge is 0.349 e. The van der Waals surface area contributed by atoms with Gasteiger partial charge in [-0.15, -0.1) is 11.3 Å². The van der Waals surface area contributed by atoms with Gasteiger partial charge >= 0.3 is 0 Å². The van der Waals surface area contributed by atoms with Crippen LogP contribution in [0, 0.1) is 5.92 Å². The minimum atomic E-state index is -0.0143. The second-order valence-electron chi connectivity index (χ2n) is 7.20. The molecule has 2 atom stereocenters. The van der Waals surface area contributed by atoms with E-state index in [4.69, 9.17) is 4.52 Å². The molecule has 4 rings (SSSR count). The van der Waals surface area contributed by atoms with Crippen LogP contribution in [-0.2, 0) is 11.3 Å². The highest BCUT2D eigenvalue weighted by Gasteiger charge is 2.27. The second-order valence-corrected chi connectivity index (χ2v) is 8.15. The zero-order valence-electron chi connectivity index (χ0n) is 15.9. The van der Waals surface area contributed by atoms with Gasteiger partial charge in [0.05, 0.1) is 23.4 Å². The van der Waals surface area contributed by atoms with E-state index in [2.05, 4.69) is 20.4 Å². The van der Waals surface area contributed by atoms with Crippen LogP contribution < -0.4 is 5.32 Å². The molecule has 0 saturated carbocycles. The van der Waals surface area contributed by atoms with Crippen LogP contribution in [0.25, 0.3) is 10.7 Å². The summed E-state index contributed by atoms with van der Waals surface area (Å²) >= 11 is 1.59. The monoisotopic (exact) mass is 396 g/mol. The fourth-order valence-electron chi connectivity index (χ4n) is 3.59. The number of hydrogen-bond acceptors (Lipinski definition) is 6. The van der Waals surface area contributed by atoms with Crippen molar-refractivity contribution in [2.75, 3.05) is 13.1 Å². The van der Waals surface area contributed by atoms with Crippen molar-refractivity contribution in [2.24, 2.45) is 5.92 Å². The molecule has 1 N–H and O–H groups in total. The van der Waals surface area contributed by atoms with Crippen molar-refractivity contribution in [2.45, 2.75) is 32.4 Å². The molecule has 1 fully saturated rings. The molecule has 6 nitrogen and oxygen atoms in total. The summed E-state index contributed by atoms with van der Waals surface area (Å²) in [5.74, 6) is 1.33. The summed E-state index contributed by atoms with van der Waals surface area (Å²) in [7, 11) is 0. The summed E-state index contributed by atoms with van der Waals surface area (Å²) in [6.45, 7) is 4.26. The second kappa shape index (κ2) is 8.67. The molecule has 2 aromatic heterocycles. The van der Waals surface area contributed by atoms with E-state index in [1.165, 1.54) is 0 Å². The molecule has 146 valence electrons. The average Bonchev–Trinajstić information content (AvgIpc) is 3.41. The van der Waals surface area contributed by atoms with Crippen LogP contribution in [0.5, 0.6) is 0 Å². The lowest BCUT2D eigenvalue weighted by Gasteiger charge is -2.31. The molecular formula is C21H24N4O2S. The number of nitrogens with zero attached hydrogens (tertiary/aromatic N) is 3. The number of likely N-dealkylation sites (tertiary alicyclic amines) is 1. The lowest BCUT2D eigenvalue weighted by atomic mass is 9.96. The number of benzene rings is 1. The summed E-state index contributed by atoms with van der Waals surface area (Å²) < 4.78 is 5.41. The van der Waals surface area contributed by atoms with E-state index in [0.29, 0.717) is 24.8 Å². The standard InChI is InChI=1S/C21H24N4O2S/c1-15(16-7-3-2-4-8-16)22-21(26)17-9-5-11-25(13-17)14-19-23-20(24-27-19)18-10-6-12-28-18/h2-4,6-8,10,12,15,17H,5,9,11,13-14H2,1H3,(H,22,26). The number of nitrogens with one attached hydrogen (secondary N) is 1. The number of amides is 1. The van der Waals surface area contributed by atoms with E-state index >= 15 is 0 Å². The number of thiophene rings is 1. The van der Waals surface area contributed by atoms with Crippen LogP contribution in [0.3, 0.4) is 0 Å². The summed E-state index contributed by atoms with van der Waals surface area (Å²) in [5.41, 5.74) is 1.12. The number of piperidine rings is 1. The highest BCUT2D eigenvalue weighted by molar-refractivity contribution is 7.13. The minimum Gasteiger partial charge on any atom is -0.349 e. The van der Waals surface area contributed by atoms with Gasteiger partial charge in [0, 0.05) is 6.54 Å². The molecule has 7 heteroatoms. The molecule has 3 aromatic rings. The van der Waals surface area contributed by atoms with Gasteiger partial charge in [0.15, 0.2) is 0 Å². The predicted molar refractivity (Wildman–Crippen MR) is 109 cm³/mol. The third kappa shape index (κ3) is 4.48. The van der Waals surface area contributed by atoms with Crippen molar-refractivity contribution < 1.29 is 9.32 Å². The van der Waals surface area contributed by atoms with Crippen LogP contribution in [-0.4, -0.2) is 34.0 Å². The van der Waals surface area contributed by atoms with Crippen molar-refractivity contribution in [1.82, 2.24) is 20.4 Å². The molecule has 1 aliphatic rings. The number of carbonyl (C=O) groups is 1. The first-order valence-electron chi connectivity index (χ1n) is 9.63. The Balaban J connectivity index is 1.33. The van der Waals surface area contributed by atoms with E-state index < -0.39 is 0 Å². The minimum absolute atomic E-state index is 0.00775. The lowest BCUT2D eigenvalue weighted by molar-refractivity contribution is -0.127. The molecule has 1 aliphatic heterocycles. The van der Waals surface area contributed by atoms with Crippen molar-refractivity contribution in [3.63, 3.8) is 0 Å². The van der Waals surface area contributed by atoms with Crippen LogP contribution in [0.15, 0.2) is 52.4 Å². The van der Waals surface area contributed by atoms with Crippen molar-refractivity contribution in [3.05, 3.63) is 59.3 Å². The maximum absolute atomic E-state index is 12.8. The summed E-state index contributed by atoms with van der Waals surface area (Å²) in [5, 5.41) is 9.22. The van der Waals surface area contributed by atoms with Gasteiger partial charge < -0.3 is 9.84 Å². The van der Waals surface area contributed by atoms with E-state index in [0.717, 1.165) is 29.8 Å². The maximum atomic E-state index is 12.8. The van der Waals surface area contributed by atoms with Gasteiger partial charge in [0.25, 0.3) is 0 Å². The Hall–Kier alpha value is -2.51. The summed E-state index contributed by atoms with van der Waals surface area (Å²) in [4.78, 5) is 20.5. The summed E-state index contributed by atoms with van der Waals surface area (Å²) in [6.07, 6.45) is 1.90. The van der Waals surface area contributed by atoms with Crippen molar-refractivity contribution >= 4 is 17.2 Å². The van der Waals surface area contributed by atoms with Gasteiger partial charge in [-0.1, -0.05) is 41.6 Å². The van der Waals surface area contributed by atoms with Crippen molar-refractivity contribution in [1.29, 1.82) is 0 Å². The Morgan fingerprint density at radius 2 is 2.18 bits per heavy atom. The van der Waals surface area contributed by atoms with Crippen molar-refractivity contribution in [3.8, 4) is 10.7 Å². The van der Waals surface area contributed by atoms with E-state index in [1.807, 2.05) is 54.8 Å². The highest BCUT2D eigenvalue weighted by Crippen LogP contribution is 2.23. The number of hydrogen-bond donors (Lipinski definition) is 1. The van der Waals surface area contributed by atoms with Crippen LogP contribution >= 0.6 is 11.3 Å². The Kier molecular flexibility index (Phi) is 5.83. The molecule has 0 spiro atoms. The Morgan fingerprint density at radius 1 is 1.32 bits per heavy atom. The van der Waals surface area contributed by atoms with Gasteiger partial charge in [0.2, 0.25) is 17.6 Å². The first-order chi connectivity index (χ1) is 13.7. The molecular weight excluding hydrogens is 372 g/mol. The predicted octanol–water partition coefficient (Wildman–Crippen LogP) is 3.89. The third-order valence-electron chi connectivity index (χ3n) is 5.10. The fraction of sp³-hybridized carbons (Fsp3) is 0.381. The lowest BCUT2D eigenvalue weighted by Crippen LogP contribution is -2.43. The molecule has 28 heavy (non-hydrogen) atoms. The van der Waals surface area contributed by atoms with E-state index in [1.54, 1.807) is 11.3 Å². The van der Waals surface area contributed by atoms with E-state index in [-0.39, 0.29) is 17.9 Å². The molecule has 0 bridgehead atoms. The number of rotatable bonds is 6. The molecule has 1 aromatic carbocycles. The Morgan fingerprint density at radius 3 is 2.96 bits per heavy atom. The first-order valence-corrected chi connectivity index (χ1v) is 10.5. The molecule has 0 radical (unpaired) electrons. The molecule has 0 aliphatic carbocycles. The quantitative estimate of drug-likeness (QED) is 0.684. The van der Waals surface area contributed by atoms with Crippen LogP contribution in [0.2, 0.25) is 0 Å². The number of carbonyl (C=O) groups excluding carboxylic acids is 1.